The molecule has 0 saturated heterocycles. The number of rotatable bonds is 6. The van der Waals surface area contributed by atoms with Crippen molar-refractivity contribution in [3.8, 4) is 10.8 Å². The minimum absolute atomic E-state index is 0.804. The highest BCUT2D eigenvalue weighted by molar-refractivity contribution is 7.11. The molecule has 0 amide bonds. The third kappa shape index (κ3) is 3.87. The number of thiophene rings is 1. The zero-order chi connectivity index (χ0) is 17.6. The largest absolute Gasteiger partial charge is 0.447 e. The molecule has 0 saturated carbocycles. The molecule has 1 N–H and O–H groups in total. The quantitative estimate of drug-likeness (QED) is 0.388. The maximum atomic E-state index is 5.91. The Morgan fingerprint density at radius 2 is 1.38 bits per heavy atom. The molecule has 0 aliphatic heterocycles. The van der Waals surface area contributed by atoms with Crippen molar-refractivity contribution in [1.82, 2.24) is 0 Å². The zero-order valence-corrected chi connectivity index (χ0v) is 14.9. The van der Waals surface area contributed by atoms with Crippen molar-refractivity contribution < 1.29 is 4.74 Å². The van der Waals surface area contributed by atoms with Gasteiger partial charge in [-0.1, -0.05) is 42.5 Å². The zero-order valence-electron chi connectivity index (χ0n) is 14.1. The summed E-state index contributed by atoms with van der Waals surface area (Å²) < 4.78 is 5.91. The standard InChI is InChI=1S/C22H18N2OS/c1-3-10-19(11-4-1)24(20-12-5-2-6-13-20)23-18-9-7-14-21(17-18)25-22-15-8-16-26-22/h1-17,23H. The molecule has 0 aliphatic carbocycles. The highest BCUT2D eigenvalue weighted by Crippen LogP contribution is 2.30. The molecule has 0 atom stereocenters. The van der Waals surface area contributed by atoms with Crippen LogP contribution in [0.15, 0.2) is 102 Å². The summed E-state index contributed by atoms with van der Waals surface area (Å²) in [6.07, 6.45) is 0. The van der Waals surface area contributed by atoms with E-state index in [2.05, 4.69) is 34.7 Å². The Morgan fingerprint density at radius 3 is 2.00 bits per heavy atom. The Labute approximate surface area is 157 Å². The molecule has 0 bridgehead atoms. The predicted molar refractivity (Wildman–Crippen MR) is 109 cm³/mol. The second-order valence-electron chi connectivity index (χ2n) is 5.68. The van der Waals surface area contributed by atoms with E-state index in [4.69, 9.17) is 4.74 Å². The van der Waals surface area contributed by atoms with Crippen LogP contribution >= 0.6 is 11.3 Å². The molecule has 4 rings (SSSR count). The Hall–Kier alpha value is -3.24. The second kappa shape index (κ2) is 7.76. The van der Waals surface area contributed by atoms with Gasteiger partial charge in [0.05, 0.1) is 17.1 Å². The summed E-state index contributed by atoms with van der Waals surface area (Å²) in [7, 11) is 0. The highest BCUT2D eigenvalue weighted by Gasteiger charge is 2.09. The fourth-order valence-electron chi connectivity index (χ4n) is 2.63. The fraction of sp³-hybridized carbons (Fsp3) is 0. The van der Waals surface area contributed by atoms with E-state index in [1.165, 1.54) is 0 Å². The van der Waals surface area contributed by atoms with Crippen molar-refractivity contribution in [1.29, 1.82) is 0 Å². The van der Waals surface area contributed by atoms with Crippen LogP contribution in [0.4, 0.5) is 17.1 Å². The van der Waals surface area contributed by atoms with E-state index in [0.29, 0.717) is 0 Å². The minimum atomic E-state index is 0.804. The number of anilines is 3. The van der Waals surface area contributed by atoms with Gasteiger partial charge in [-0.25, -0.2) is 0 Å². The lowest BCUT2D eigenvalue weighted by Gasteiger charge is -2.26. The van der Waals surface area contributed by atoms with Gasteiger partial charge in [0.15, 0.2) is 5.06 Å². The van der Waals surface area contributed by atoms with E-state index in [1.807, 2.05) is 78.2 Å². The Bertz CT molecular complexity index is 901. The van der Waals surface area contributed by atoms with Crippen LogP contribution in [-0.4, -0.2) is 0 Å². The molecule has 128 valence electrons. The van der Waals surface area contributed by atoms with E-state index >= 15 is 0 Å². The van der Waals surface area contributed by atoms with Gasteiger partial charge in [-0.05, 0) is 53.9 Å². The molecular weight excluding hydrogens is 340 g/mol. The molecule has 1 aromatic heterocycles. The first kappa shape index (κ1) is 16.2. The number of hydrazine groups is 1. The predicted octanol–water partition coefficient (Wildman–Crippen LogP) is 6.71. The Kier molecular flexibility index (Phi) is 4.85. The molecule has 4 aromatic rings. The van der Waals surface area contributed by atoms with Crippen LogP contribution in [0, 0.1) is 0 Å². The summed E-state index contributed by atoms with van der Waals surface area (Å²) in [6, 6.07) is 32.4. The van der Waals surface area contributed by atoms with Crippen LogP contribution in [0.3, 0.4) is 0 Å². The van der Waals surface area contributed by atoms with Crippen LogP contribution in [0.25, 0.3) is 0 Å². The molecule has 4 heteroatoms. The highest BCUT2D eigenvalue weighted by atomic mass is 32.1. The number of nitrogens with zero attached hydrogens (tertiary/aromatic N) is 1. The van der Waals surface area contributed by atoms with Crippen LogP contribution in [0.1, 0.15) is 0 Å². The van der Waals surface area contributed by atoms with E-state index in [0.717, 1.165) is 27.9 Å². The van der Waals surface area contributed by atoms with E-state index in [9.17, 15) is 0 Å². The third-order valence-corrected chi connectivity index (χ3v) is 4.56. The molecule has 0 aliphatic rings. The summed E-state index contributed by atoms with van der Waals surface area (Å²) >= 11 is 1.58. The van der Waals surface area contributed by atoms with Gasteiger partial charge in [-0.2, -0.15) is 0 Å². The molecule has 3 aromatic carbocycles. The molecule has 0 radical (unpaired) electrons. The monoisotopic (exact) mass is 358 g/mol. The molecule has 0 unspecified atom stereocenters. The third-order valence-electron chi connectivity index (χ3n) is 3.82. The number of ether oxygens (including phenoxy) is 1. The number of hydrogen-bond donors (Lipinski definition) is 1. The lowest BCUT2D eigenvalue weighted by atomic mass is 10.2. The number of benzene rings is 3. The lowest BCUT2D eigenvalue weighted by Crippen LogP contribution is -2.24. The first-order chi connectivity index (χ1) is 12.9. The van der Waals surface area contributed by atoms with Crippen molar-refractivity contribution >= 4 is 28.4 Å². The van der Waals surface area contributed by atoms with Gasteiger partial charge in [0, 0.05) is 6.07 Å². The SMILES string of the molecule is c1ccc(N(Nc2cccc(Oc3cccs3)c2)c2ccccc2)cc1. The first-order valence-electron chi connectivity index (χ1n) is 8.37. The molecule has 0 spiro atoms. The maximum absolute atomic E-state index is 5.91. The van der Waals surface area contributed by atoms with Crippen molar-refractivity contribution in [3.63, 3.8) is 0 Å². The number of para-hydroxylation sites is 2. The normalized spacial score (nSPS) is 10.3. The average molecular weight is 358 g/mol. The van der Waals surface area contributed by atoms with Crippen molar-refractivity contribution in [3.05, 3.63) is 102 Å². The second-order valence-corrected chi connectivity index (χ2v) is 6.59. The van der Waals surface area contributed by atoms with Crippen LogP contribution in [-0.2, 0) is 0 Å². The molecule has 26 heavy (non-hydrogen) atoms. The van der Waals surface area contributed by atoms with Gasteiger partial charge >= 0.3 is 0 Å². The van der Waals surface area contributed by atoms with Crippen LogP contribution < -0.4 is 15.2 Å². The summed E-state index contributed by atoms with van der Waals surface area (Å²) in [5, 5.41) is 4.94. The van der Waals surface area contributed by atoms with Gasteiger partial charge in [0.2, 0.25) is 0 Å². The van der Waals surface area contributed by atoms with Crippen LogP contribution in [0.5, 0.6) is 10.8 Å². The lowest BCUT2D eigenvalue weighted by molar-refractivity contribution is 0.497. The summed E-state index contributed by atoms with van der Waals surface area (Å²) in [5.74, 6) is 0.804. The van der Waals surface area contributed by atoms with Crippen molar-refractivity contribution in [2.24, 2.45) is 0 Å². The fourth-order valence-corrected chi connectivity index (χ4v) is 3.22. The average Bonchev–Trinajstić information content (AvgIpc) is 3.21. The van der Waals surface area contributed by atoms with E-state index < -0.39 is 0 Å². The smallest absolute Gasteiger partial charge is 0.180 e. The summed E-state index contributed by atoms with van der Waals surface area (Å²) in [5.41, 5.74) is 6.56. The minimum Gasteiger partial charge on any atom is -0.447 e. The van der Waals surface area contributed by atoms with Crippen molar-refractivity contribution in [2.75, 3.05) is 10.4 Å². The van der Waals surface area contributed by atoms with Gasteiger partial charge in [0.1, 0.15) is 5.75 Å². The molecule has 3 nitrogen and oxygen atoms in total. The summed E-state index contributed by atoms with van der Waals surface area (Å²) in [4.78, 5) is 0. The number of nitrogens with one attached hydrogen (secondary N) is 1. The summed E-state index contributed by atoms with van der Waals surface area (Å²) in [6.45, 7) is 0. The van der Waals surface area contributed by atoms with E-state index in [1.54, 1.807) is 11.3 Å². The van der Waals surface area contributed by atoms with E-state index in [-0.39, 0.29) is 0 Å². The van der Waals surface area contributed by atoms with Gasteiger partial charge < -0.3 is 4.74 Å². The first-order valence-corrected chi connectivity index (χ1v) is 9.25. The maximum Gasteiger partial charge on any atom is 0.180 e. The molecule has 0 fully saturated rings. The van der Waals surface area contributed by atoms with Gasteiger partial charge in [-0.15, -0.1) is 11.3 Å². The van der Waals surface area contributed by atoms with Gasteiger partial charge in [0.25, 0.3) is 0 Å². The number of hydrogen-bond acceptors (Lipinski definition) is 4. The Morgan fingerprint density at radius 1 is 0.692 bits per heavy atom. The van der Waals surface area contributed by atoms with Gasteiger partial charge in [-0.3, -0.25) is 10.4 Å². The molecular formula is C22H18N2OS. The molecule has 1 heterocycles. The van der Waals surface area contributed by atoms with Crippen LogP contribution in [0.2, 0.25) is 0 Å². The Balaban J connectivity index is 1.62. The van der Waals surface area contributed by atoms with Crippen molar-refractivity contribution in [2.45, 2.75) is 0 Å². The topological polar surface area (TPSA) is 24.5 Å².